The van der Waals surface area contributed by atoms with Gasteiger partial charge in [-0.2, -0.15) is 0 Å². The zero-order valence-electron chi connectivity index (χ0n) is 16.6. The van der Waals surface area contributed by atoms with E-state index in [4.69, 9.17) is 0 Å². The first-order valence-electron chi connectivity index (χ1n) is 9.88. The zero-order valence-corrected chi connectivity index (χ0v) is 17.4. The highest BCUT2D eigenvalue weighted by molar-refractivity contribution is 7.14. The molecular weight excluding hydrogens is 401 g/mol. The Morgan fingerprint density at radius 2 is 1.97 bits per heavy atom. The van der Waals surface area contributed by atoms with Gasteiger partial charge in [-0.15, -0.1) is 11.3 Å². The Bertz CT molecular complexity index is 1080. The highest BCUT2D eigenvalue weighted by atomic mass is 32.1. The van der Waals surface area contributed by atoms with Crippen molar-refractivity contribution in [2.45, 2.75) is 32.2 Å². The molecule has 7 heteroatoms. The van der Waals surface area contributed by atoms with E-state index in [1.54, 1.807) is 11.4 Å². The van der Waals surface area contributed by atoms with Crippen molar-refractivity contribution in [1.29, 1.82) is 0 Å². The molecule has 30 heavy (non-hydrogen) atoms. The first-order chi connectivity index (χ1) is 14.5. The number of hydrogen-bond donors (Lipinski definition) is 1. The van der Waals surface area contributed by atoms with E-state index in [-0.39, 0.29) is 23.9 Å². The van der Waals surface area contributed by atoms with E-state index in [2.05, 4.69) is 29.4 Å². The van der Waals surface area contributed by atoms with Crippen molar-refractivity contribution < 1.29 is 14.0 Å². The van der Waals surface area contributed by atoms with E-state index >= 15 is 0 Å². The number of halogens is 1. The minimum atomic E-state index is -0.585. The van der Waals surface area contributed by atoms with E-state index in [9.17, 15) is 14.0 Å². The third kappa shape index (κ3) is 4.26. The second-order valence-corrected chi connectivity index (χ2v) is 8.21. The molecule has 2 amide bonds. The van der Waals surface area contributed by atoms with E-state index in [1.165, 1.54) is 40.7 Å². The van der Waals surface area contributed by atoms with Crippen LogP contribution in [0.1, 0.15) is 46.1 Å². The summed E-state index contributed by atoms with van der Waals surface area (Å²) in [7, 11) is 0. The van der Waals surface area contributed by atoms with E-state index in [0.29, 0.717) is 10.8 Å². The predicted molar refractivity (Wildman–Crippen MR) is 115 cm³/mol. The van der Waals surface area contributed by atoms with Crippen LogP contribution in [0.3, 0.4) is 0 Å². The molecule has 0 saturated carbocycles. The molecule has 3 aromatic rings. The summed E-state index contributed by atoms with van der Waals surface area (Å²) in [5.74, 6) is -1.12. The van der Waals surface area contributed by atoms with Gasteiger partial charge in [-0.05, 0) is 43.0 Å². The van der Waals surface area contributed by atoms with Gasteiger partial charge in [0.25, 0.3) is 5.91 Å². The van der Waals surface area contributed by atoms with Crippen molar-refractivity contribution >= 4 is 28.3 Å². The first-order valence-corrected chi connectivity index (χ1v) is 10.8. The predicted octanol–water partition coefficient (Wildman–Crippen LogP) is 4.75. The van der Waals surface area contributed by atoms with Crippen LogP contribution in [0.2, 0.25) is 0 Å². The van der Waals surface area contributed by atoms with Gasteiger partial charge in [0, 0.05) is 11.9 Å². The van der Waals surface area contributed by atoms with Crippen LogP contribution < -0.4 is 5.32 Å². The van der Waals surface area contributed by atoms with Gasteiger partial charge in [-0.3, -0.25) is 14.9 Å². The topological polar surface area (TPSA) is 62.3 Å². The van der Waals surface area contributed by atoms with Gasteiger partial charge in [-0.25, -0.2) is 9.37 Å². The SMILES string of the molecule is Cc1ccccc1C1CCCN1C(=O)Cc1csc(NC(=O)c2ccccc2F)n1. The summed E-state index contributed by atoms with van der Waals surface area (Å²) < 4.78 is 13.8. The molecule has 154 valence electrons. The molecule has 1 aliphatic rings. The number of nitrogens with one attached hydrogen (secondary N) is 1. The fourth-order valence-corrected chi connectivity index (χ4v) is 4.57. The number of anilines is 1. The summed E-state index contributed by atoms with van der Waals surface area (Å²) in [6.07, 6.45) is 2.11. The third-order valence-corrected chi connectivity index (χ3v) is 6.15. The average molecular weight is 424 g/mol. The van der Waals surface area contributed by atoms with Crippen molar-refractivity contribution in [2.75, 3.05) is 11.9 Å². The lowest BCUT2D eigenvalue weighted by Gasteiger charge is -2.26. The highest BCUT2D eigenvalue weighted by Gasteiger charge is 2.31. The van der Waals surface area contributed by atoms with Crippen LogP contribution in [0.5, 0.6) is 0 Å². The number of rotatable bonds is 5. The van der Waals surface area contributed by atoms with Crippen LogP contribution in [0.15, 0.2) is 53.9 Å². The number of hydrogen-bond acceptors (Lipinski definition) is 4. The molecule has 1 aromatic heterocycles. The number of benzene rings is 2. The summed E-state index contributed by atoms with van der Waals surface area (Å²) in [4.78, 5) is 31.5. The Kier molecular flexibility index (Phi) is 5.90. The molecule has 2 aromatic carbocycles. The Labute approximate surface area is 178 Å². The standard InChI is InChI=1S/C23H22FN3O2S/c1-15-7-2-3-8-17(15)20-11-6-12-27(20)21(28)13-16-14-30-23(25-16)26-22(29)18-9-4-5-10-19(18)24/h2-5,7-10,14,20H,6,11-13H2,1H3,(H,25,26,29). The van der Waals surface area contributed by atoms with Gasteiger partial charge in [-0.1, -0.05) is 36.4 Å². The van der Waals surface area contributed by atoms with E-state index in [1.807, 2.05) is 17.0 Å². The summed E-state index contributed by atoms with van der Waals surface area (Å²) in [5.41, 5.74) is 2.95. The molecule has 5 nitrogen and oxygen atoms in total. The lowest BCUT2D eigenvalue weighted by Crippen LogP contribution is -2.32. The van der Waals surface area contributed by atoms with Gasteiger partial charge < -0.3 is 4.90 Å². The van der Waals surface area contributed by atoms with Crippen molar-refractivity contribution in [3.63, 3.8) is 0 Å². The lowest BCUT2D eigenvalue weighted by atomic mass is 9.99. The van der Waals surface area contributed by atoms with E-state index in [0.717, 1.165) is 19.4 Å². The third-order valence-electron chi connectivity index (χ3n) is 5.34. The van der Waals surface area contributed by atoms with Gasteiger partial charge >= 0.3 is 0 Å². The number of likely N-dealkylation sites (tertiary alicyclic amines) is 1. The van der Waals surface area contributed by atoms with Crippen LogP contribution in [0, 0.1) is 12.7 Å². The monoisotopic (exact) mass is 423 g/mol. The lowest BCUT2D eigenvalue weighted by molar-refractivity contribution is -0.131. The molecule has 0 aliphatic carbocycles. The smallest absolute Gasteiger partial charge is 0.260 e. The second-order valence-electron chi connectivity index (χ2n) is 7.36. The molecular formula is C23H22FN3O2S. The number of nitrogens with zero attached hydrogens (tertiary/aromatic N) is 2. The highest BCUT2D eigenvalue weighted by Crippen LogP contribution is 2.34. The van der Waals surface area contributed by atoms with Gasteiger partial charge in [0.15, 0.2) is 5.13 Å². The van der Waals surface area contributed by atoms with Crippen molar-refractivity contribution in [1.82, 2.24) is 9.88 Å². The van der Waals surface area contributed by atoms with Gasteiger partial charge in [0.05, 0.1) is 23.7 Å². The molecule has 1 saturated heterocycles. The Morgan fingerprint density at radius 3 is 2.77 bits per heavy atom. The minimum absolute atomic E-state index is 0.0260. The molecule has 0 bridgehead atoms. The van der Waals surface area contributed by atoms with Crippen LogP contribution in [0.4, 0.5) is 9.52 Å². The molecule has 0 spiro atoms. The number of carbonyl (C=O) groups excluding carboxylic acids is 2. The molecule has 1 unspecified atom stereocenters. The molecule has 1 N–H and O–H groups in total. The van der Waals surface area contributed by atoms with Crippen molar-refractivity contribution in [3.8, 4) is 0 Å². The number of thiazole rings is 1. The maximum Gasteiger partial charge on any atom is 0.260 e. The second kappa shape index (κ2) is 8.75. The number of carbonyl (C=O) groups is 2. The first kappa shape index (κ1) is 20.2. The molecule has 4 rings (SSSR count). The Hall–Kier alpha value is -3.06. The Balaban J connectivity index is 1.42. The van der Waals surface area contributed by atoms with Crippen LogP contribution in [-0.2, 0) is 11.2 Å². The quantitative estimate of drug-likeness (QED) is 0.644. The average Bonchev–Trinajstić information content (AvgIpc) is 3.38. The maximum atomic E-state index is 13.8. The molecule has 1 fully saturated rings. The van der Waals surface area contributed by atoms with Crippen LogP contribution >= 0.6 is 11.3 Å². The summed E-state index contributed by atoms with van der Waals surface area (Å²) in [6, 6.07) is 14.1. The number of aryl methyl sites for hydroxylation is 1. The minimum Gasteiger partial charge on any atom is -0.335 e. The van der Waals surface area contributed by atoms with Gasteiger partial charge in [0.2, 0.25) is 5.91 Å². The van der Waals surface area contributed by atoms with Gasteiger partial charge in [0.1, 0.15) is 5.82 Å². The zero-order chi connectivity index (χ0) is 21.1. The Morgan fingerprint density at radius 1 is 1.20 bits per heavy atom. The van der Waals surface area contributed by atoms with E-state index < -0.39 is 11.7 Å². The summed E-state index contributed by atoms with van der Waals surface area (Å²) in [6.45, 7) is 2.81. The fourth-order valence-electron chi connectivity index (χ4n) is 3.86. The van der Waals surface area contributed by atoms with Crippen molar-refractivity contribution in [2.24, 2.45) is 0 Å². The number of aromatic nitrogens is 1. The summed E-state index contributed by atoms with van der Waals surface area (Å²) in [5, 5.41) is 4.72. The van der Waals surface area contributed by atoms with Crippen molar-refractivity contribution in [3.05, 3.63) is 82.1 Å². The molecule has 1 aliphatic heterocycles. The molecule has 1 atom stereocenters. The molecule has 0 radical (unpaired) electrons. The normalized spacial score (nSPS) is 15.9. The number of amides is 2. The summed E-state index contributed by atoms with van der Waals surface area (Å²) >= 11 is 1.23. The largest absolute Gasteiger partial charge is 0.335 e. The van der Waals surface area contributed by atoms with Crippen LogP contribution in [-0.4, -0.2) is 28.2 Å². The van der Waals surface area contributed by atoms with Crippen LogP contribution in [0.25, 0.3) is 0 Å². The maximum absolute atomic E-state index is 13.8. The fraction of sp³-hybridized carbons (Fsp3) is 0.261. The molecule has 2 heterocycles.